The molecule has 3 aromatic carbocycles. The third-order valence-corrected chi connectivity index (χ3v) is 7.93. The fourth-order valence-corrected chi connectivity index (χ4v) is 6.02. The Morgan fingerprint density at radius 3 is 1.61 bits per heavy atom. The highest BCUT2D eigenvalue weighted by Gasteiger charge is 2.45. The van der Waals surface area contributed by atoms with Gasteiger partial charge in [0.2, 0.25) is 0 Å². The summed E-state index contributed by atoms with van der Waals surface area (Å²) in [7, 11) is 0. The lowest BCUT2D eigenvalue weighted by Gasteiger charge is -2.46. The van der Waals surface area contributed by atoms with E-state index < -0.39 is 0 Å². The largest absolute Gasteiger partial charge is 0.507 e. The molecule has 0 aliphatic heterocycles. The van der Waals surface area contributed by atoms with Crippen LogP contribution in [0.25, 0.3) is 0 Å². The SMILES string of the molecule is Cc1cc(C2(c3cc(C)c(O)c(C)c3)CCCCC2c2ccc(C(C)C)cc2)cc(C)c1O. The molecular weight excluding hydrogens is 404 g/mol. The Labute approximate surface area is 199 Å². The van der Waals surface area contributed by atoms with E-state index in [1.54, 1.807) is 0 Å². The van der Waals surface area contributed by atoms with Crippen molar-refractivity contribution in [3.8, 4) is 11.5 Å². The van der Waals surface area contributed by atoms with Crippen LogP contribution in [0.5, 0.6) is 11.5 Å². The summed E-state index contributed by atoms with van der Waals surface area (Å²) < 4.78 is 0. The molecule has 33 heavy (non-hydrogen) atoms. The fraction of sp³-hybridized carbons (Fsp3) is 0.419. The topological polar surface area (TPSA) is 40.5 Å². The van der Waals surface area contributed by atoms with Crippen molar-refractivity contribution in [2.75, 3.05) is 0 Å². The zero-order valence-corrected chi connectivity index (χ0v) is 21.0. The fourth-order valence-electron chi connectivity index (χ4n) is 6.02. The first kappa shape index (κ1) is 23.4. The van der Waals surface area contributed by atoms with Gasteiger partial charge in [-0.1, -0.05) is 75.2 Å². The third kappa shape index (κ3) is 4.05. The van der Waals surface area contributed by atoms with Crippen LogP contribution >= 0.6 is 0 Å². The van der Waals surface area contributed by atoms with Crippen LogP contribution < -0.4 is 0 Å². The molecule has 1 aliphatic carbocycles. The van der Waals surface area contributed by atoms with Crippen LogP contribution in [0.15, 0.2) is 48.5 Å². The number of hydrogen-bond donors (Lipinski definition) is 2. The molecule has 1 saturated carbocycles. The predicted molar refractivity (Wildman–Crippen MR) is 138 cm³/mol. The van der Waals surface area contributed by atoms with Crippen LogP contribution in [-0.2, 0) is 5.41 Å². The third-order valence-electron chi connectivity index (χ3n) is 7.93. The molecule has 0 amide bonds. The summed E-state index contributed by atoms with van der Waals surface area (Å²) in [5, 5.41) is 21.1. The van der Waals surface area contributed by atoms with E-state index in [1.165, 1.54) is 35.1 Å². The van der Waals surface area contributed by atoms with Crippen molar-refractivity contribution in [2.45, 2.75) is 84.5 Å². The average Bonchev–Trinajstić information content (AvgIpc) is 2.80. The van der Waals surface area contributed by atoms with Crippen molar-refractivity contribution in [1.29, 1.82) is 0 Å². The number of aryl methyl sites for hydroxylation is 4. The van der Waals surface area contributed by atoms with Crippen molar-refractivity contribution >= 4 is 0 Å². The van der Waals surface area contributed by atoms with Crippen molar-refractivity contribution in [3.63, 3.8) is 0 Å². The van der Waals surface area contributed by atoms with Crippen LogP contribution in [0.2, 0.25) is 0 Å². The Kier molecular flexibility index (Phi) is 6.31. The van der Waals surface area contributed by atoms with E-state index in [-0.39, 0.29) is 5.41 Å². The summed E-state index contributed by atoms with van der Waals surface area (Å²) in [6, 6.07) is 18.0. The van der Waals surface area contributed by atoms with Gasteiger partial charge >= 0.3 is 0 Å². The average molecular weight is 443 g/mol. The second kappa shape index (κ2) is 8.89. The van der Waals surface area contributed by atoms with Crippen molar-refractivity contribution < 1.29 is 10.2 Å². The van der Waals surface area contributed by atoms with E-state index >= 15 is 0 Å². The second-order valence-electron chi connectivity index (χ2n) is 10.5. The maximum absolute atomic E-state index is 10.5. The Balaban J connectivity index is 2.00. The summed E-state index contributed by atoms with van der Waals surface area (Å²) in [6.07, 6.45) is 4.55. The van der Waals surface area contributed by atoms with E-state index in [0.29, 0.717) is 23.3 Å². The number of phenolic OH excluding ortho intramolecular Hbond substituents is 2. The summed E-state index contributed by atoms with van der Waals surface area (Å²) in [6.45, 7) is 12.5. The summed E-state index contributed by atoms with van der Waals surface area (Å²) in [5.41, 5.74) is 8.80. The normalized spacial score (nSPS) is 18.0. The maximum Gasteiger partial charge on any atom is 0.121 e. The van der Waals surface area contributed by atoms with Crippen LogP contribution in [0.3, 0.4) is 0 Å². The Morgan fingerprint density at radius 1 is 0.727 bits per heavy atom. The van der Waals surface area contributed by atoms with E-state index in [4.69, 9.17) is 0 Å². The van der Waals surface area contributed by atoms with E-state index in [1.807, 2.05) is 27.7 Å². The van der Waals surface area contributed by atoms with Gasteiger partial charge in [0.15, 0.2) is 0 Å². The Hall–Kier alpha value is -2.74. The number of aromatic hydroxyl groups is 2. The first-order valence-electron chi connectivity index (χ1n) is 12.4. The first-order chi connectivity index (χ1) is 15.6. The monoisotopic (exact) mass is 442 g/mol. The van der Waals surface area contributed by atoms with E-state index in [0.717, 1.165) is 35.1 Å². The van der Waals surface area contributed by atoms with Crippen LogP contribution in [-0.4, -0.2) is 10.2 Å². The van der Waals surface area contributed by atoms with Gasteiger partial charge in [-0.25, -0.2) is 0 Å². The predicted octanol–water partition coefficient (Wildman–Crippen LogP) is 8.10. The number of benzene rings is 3. The molecule has 0 saturated heterocycles. The molecule has 2 N–H and O–H groups in total. The van der Waals surface area contributed by atoms with Gasteiger partial charge in [-0.05, 0) is 96.9 Å². The van der Waals surface area contributed by atoms with Gasteiger partial charge in [0.25, 0.3) is 0 Å². The molecule has 1 fully saturated rings. The molecule has 1 atom stereocenters. The molecule has 4 rings (SSSR count). The van der Waals surface area contributed by atoms with Gasteiger partial charge < -0.3 is 10.2 Å². The smallest absolute Gasteiger partial charge is 0.121 e. The van der Waals surface area contributed by atoms with Gasteiger partial charge in [0.1, 0.15) is 11.5 Å². The maximum atomic E-state index is 10.5. The van der Waals surface area contributed by atoms with Crippen molar-refractivity contribution in [2.24, 2.45) is 0 Å². The molecule has 0 bridgehead atoms. The Bertz CT molecular complexity index is 1050. The molecule has 0 spiro atoms. The minimum absolute atomic E-state index is 0.204. The molecular formula is C31H38O2. The van der Waals surface area contributed by atoms with Crippen molar-refractivity contribution in [1.82, 2.24) is 0 Å². The molecule has 2 nitrogen and oxygen atoms in total. The number of rotatable bonds is 4. The summed E-state index contributed by atoms with van der Waals surface area (Å²) in [5.74, 6) is 1.63. The highest BCUT2D eigenvalue weighted by Crippen LogP contribution is 2.55. The molecule has 0 radical (unpaired) electrons. The molecule has 174 valence electrons. The van der Waals surface area contributed by atoms with Gasteiger partial charge in [-0.2, -0.15) is 0 Å². The second-order valence-corrected chi connectivity index (χ2v) is 10.5. The van der Waals surface area contributed by atoms with Gasteiger partial charge in [-0.15, -0.1) is 0 Å². The quantitative estimate of drug-likeness (QED) is 0.428. The first-order valence-corrected chi connectivity index (χ1v) is 12.4. The van der Waals surface area contributed by atoms with Crippen molar-refractivity contribution in [3.05, 3.63) is 93.0 Å². The van der Waals surface area contributed by atoms with Gasteiger partial charge in [0, 0.05) is 5.41 Å². The standard InChI is InChI=1S/C31H38O2/c1-19(2)24-10-12-25(13-11-24)28-9-7-8-14-31(28,26-15-20(3)29(32)21(4)16-26)27-17-22(5)30(33)23(6)18-27/h10-13,15-19,28,32-33H,7-9,14H2,1-6H3. The lowest BCUT2D eigenvalue weighted by molar-refractivity contribution is 0.293. The van der Waals surface area contributed by atoms with Gasteiger partial charge in [0.05, 0.1) is 0 Å². The molecule has 1 unspecified atom stereocenters. The zero-order chi connectivity index (χ0) is 23.9. The molecule has 0 aromatic heterocycles. The lowest BCUT2D eigenvalue weighted by atomic mass is 9.57. The zero-order valence-electron chi connectivity index (χ0n) is 21.0. The molecule has 0 heterocycles. The molecule has 2 heteroatoms. The lowest BCUT2D eigenvalue weighted by Crippen LogP contribution is -2.38. The Morgan fingerprint density at radius 2 is 1.18 bits per heavy atom. The van der Waals surface area contributed by atoms with E-state index in [2.05, 4.69) is 62.4 Å². The number of hydrogen-bond acceptors (Lipinski definition) is 2. The summed E-state index contributed by atoms with van der Waals surface area (Å²) >= 11 is 0. The highest BCUT2D eigenvalue weighted by atomic mass is 16.3. The molecule has 3 aromatic rings. The highest BCUT2D eigenvalue weighted by molar-refractivity contribution is 5.55. The van der Waals surface area contributed by atoms with Crippen LogP contribution in [0, 0.1) is 27.7 Å². The minimum atomic E-state index is -0.204. The molecule has 1 aliphatic rings. The van der Waals surface area contributed by atoms with Crippen LogP contribution in [0.4, 0.5) is 0 Å². The van der Waals surface area contributed by atoms with Gasteiger partial charge in [-0.3, -0.25) is 0 Å². The minimum Gasteiger partial charge on any atom is -0.507 e. The van der Waals surface area contributed by atoms with E-state index in [9.17, 15) is 10.2 Å². The number of phenols is 2. The summed E-state index contributed by atoms with van der Waals surface area (Å²) in [4.78, 5) is 0. The van der Waals surface area contributed by atoms with Crippen LogP contribution in [0.1, 0.15) is 95.9 Å².